The molecule has 1 atom stereocenters. The van der Waals surface area contributed by atoms with Crippen molar-refractivity contribution in [3.8, 4) is 0 Å². The van der Waals surface area contributed by atoms with Gasteiger partial charge >= 0.3 is 6.03 Å². The van der Waals surface area contributed by atoms with Crippen LogP contribution in [0, 0.1) is 6.92 Å². The minimum Gasteiger partial charge on any atom is -0.342 e. The standard InChI is InChI=1S/C22H26N4O/c1-14(2)21-24-18-11-10-16(13-19(18)25-21)23-22(27)26-12-6-9-20(26)17-8-5-4-7-15(17)3/h4-5,7-8,10-11,13-14,20H,6,9,12H2,1-3H3,(H,23,27)(H,24,25)/t20-/m0/s1. The van der Waals surface area contributed by atoms with Gasteiger partial charge in [-0.2, -0.15) is 0 Å². The molecule has 140 valence electrons. The minimum atomic E-state index is -0.0382. The molecule has 2 heterocycles. The Bertz CT molecular complexity index is 975. The zero-order chi connectivity index (χ0) is 19.0. The molecule has 1 saturated heterocycles. The smallest absolute Gasteiger partial charge is 0.322 e. The fourth-order valence-corrected chi connectivity index (χ4v) is 3.87. The molecule has 1 aliphatic rings. The number of anilines is 1. The molecule has 0 saturated carbocycles. The number of hydrogen-bond acceptors (Lipinski definition) is 2. The number of amides is 2. The first-order chi connectivity index (χ1) is 13.0. The molecule has 2 amide bonds. The van der Waals surface area contributed by atoms with Crippen LogP contribution in [0.2, 0.25) is 0 Å². The van der Waals surface area contributed by atoms with E-state index in [2.05, 4.69) is 54.3 Å². The second kappa shape index (κ2) is 7.06. The molecule has 2 N–H and O–H groups in total. The second-order valence-corrected chi connectivity index (χ2v) is 7.65. The number of nitrogens with zero attached hydrogens (tertiary/aromatic N) is 2. The molecule has 4 rings (SSSR count). The summed E-state index contributed by atoms with van der Waals surface area (Å²) in [5.41, 5.74) is 5.16. The van der Waals surface area contributed by atoms with Crippen LogP contribution in [0.25, 0.3) is 11.0 Å². The van der Waals surface area contributed by atoms with Crippen LogP contribution < -0.4 is 5.32 Å². The Morgan fingerprint density at radius 2 is 2.07 bits per heavy atom. The lowest BCUT2D eigenvalue weighted by molar-refractivity contribution is 0.207. The van der Waals surface area contributed by atoms with Crippen molar-refractivity contribution >= 4 is 22.8 Å². The molecule has 0 aliphatic carbocycles. The highest BCUT2D eigenvalue weighted by atomic mass is 16.2. The van der Waals surface area contributed by atoms with Gasteiger partial charge in [-0.15, -0.1) is 0 Å². The average molecular weight is 362 g/mol. The van der Waals surface area contributed by atoms with E-state index >= 15 is 0 Å². The lowest BCUT2D eigenvalue weighted by atomic mass is 9.99. The number of aromatic amines is 1. The van der Waals surface area contributed by atoms with Crippen molar-refractivity contribution in [1.29, 1.82) is 0 Å². The molecular weight excluding hydrogens is 336 g/mol. The summed E-state index contributed by atoms with van der Waals surface area (Å²) in [5, 5.41) is 3.07. The van der Waals surface area contributed by atoms with Crippen molar-refractivity contribution in [3.05, 3.63) is 59.4 Å². The Labute approximate surface area is 159 Å². The van der Waals surface area contributed by atoms with Gasteiger partial charge < -0.3 is 15.2 Å². The van der Waals surface area contributed by atoms with Crippen molar-refractivity contribution in [2.24, 2.45) is 0 Å². The van der Waals surface area contributed by atoms with Crippen LogP contribution in [0.4, 0.5) is 10.5 Å². The third-order valence-electron chi connectivity index (χ3n) is 5.36. The van der Waals surface area contributed by atoms with Gasteiger partial charge in [0.05, 0.1) is 17.1 Å². The number of urea groups is 1. The number of imidazole rings is 1. The highest BCUT2D eigenvalue weighted by molar-refractivity contribution is 5.92. The van der Waals surface area contributed by atoms with Crippen LogP contribution in [0.15, 0.2) is 42.5 Å². The van der Waals surface area contributed by atoms with Gasteiger partial charge in [0.1, 0.15) is 5.82 Å². The molecule has 1 aromatic heterocycles. The molecule has 3 aromatic rings. The van der Waals surface area contributed by atoms with Crippen molar-refractivity contribution in [1.82, 2.24) is 14.9 Å². The first-order valence-electron chi connectivity index (χ1n) is 9.66. The van der Waals surface area contributed by atoms with E-state index in [1.165, 1.54) is 11.1 Å². The highest BCUT2D eigenvalue weighted by Gasteiger charge is 2.30. The molecule has 5 nitrogen and oxygen atoms in total. The quantitative estimate of drug-likeness (QED) is 0.658. The van der Waals surface area contributed by atoms with Gasteiger partial charge in [-0.05, 0) is 49.1 Å². The van der Waals surface area contributed by atoms with Gasteiger partial charge in [0.2, 0.25) is 0 Å². The number of hydrogen-bond donors (Lipinski definition) is 2. The fourth-order valence-electron chi connectivity index (χ4n) is 3.87. The molecule has 27 heavy (non-hydrogen) atoms. The van der Waals surface area contributed by atoms with Gasteiger partial charge in [-0.3, -0.25) is 0 Å². The maximum absolute atomic E-state index is 12.9. The maximum Gasteiger partial charge on any atom is 0.322 e. The molecule has 0 radical (unpaired) electrons. The van der Waals surface area contributed by atoms with Crippen LogP contribution in [0.5, 0.6) is 0 Å². The lowest BCUT2D eigenvalue weighted by Gasteiger charge is -2.26. The Kier molecular flexibility index (Phi) is 4.60. The number of fused-ring (bicyclic) bond motifs is 1. The van der Waals surface area contributed by atoms with Crippen molar-refractivity contribution < 1.29 is 4.79 Å². The third-order valence-corrected chi connectivity index (χ3v) is 5.36. The van der Waals surface area contributed by atoms with Gasteiger partial charge in [0, 0.05) is 18.2 Å². The first kappa shape index (κ1) is 17.6. The van der Waals surface area contributed by atoms with E-state index in [4.69, 9.17) is 0 Å². The maximum atomic E-state index is 12.9. The lowest BCUT2D eigenvalue weighted by Crippen LogP contribution is -2.34. The Hall–Kier alpha value is -2.82. The summed E-state index contributed by atoms with van der Waals surface area (Å²) >= 11 is 0. The molecule has 1 aliphatic heterocycles. The summed E-state index contributed by atoms with van der Waals surface area (Å²) in [6.07, 6.45) is 2.04. The zero-order valence-corrected chi connectivity index (χ0v) is 16.1. The Morgan fingerprint density at radius 1 is 1.26 bits per heavy atom. The molecular formula is C22H26N4O. The summed E-state index contributed by atoms with van der Waals surface area (Å²) < 4.78 is 0. The van der Waals surface area contributed by atoms with Crippen LogP contribution in [-0.2, 0) is 0 Å². The van der Waals surface area contributed by atoms with Gasteiger partial charge in [-0.25, -0.2) is 9.78 Å². The average Bonchev–Trinajstić information content (AvgIpc) is 3.28. The zero-order valence-electron chi connectivity index (χ0n) is 16.1. The highest BCUT2D eigenvalue weighted by Crippen LogP contribution is 2.34. The monoisotopic (exact) mass is 362 g/mol. The van der Waals surface area contributed by atoms with Gasteiger partial charge in [0.15, 0.2) is 0 Å². The van der Waals surface area contributed by atoms with Crippen LogP contribution in [0.3, 0.4) is 0 Å². The van der Waals surface area contributed by atoms with Crippen molar-refractivity contribution in [3.63, 3.8) is 0 Å². The van der Waals surface area contributed by atoms with E-state index in [0.717, 1.165) is 41.9 Å². The van der Waals surface area contributed by atoms with E-state index in [1.807, 2.05) is 29.2 Å². The normalized spacial score (nSPS) is 17.0. The Balaban J connectivity index is 1.54. The van der Waals surface area contributed by atoms with Gasteiger partial charge in [0.25, 0.3) is 0 Å². The van der Waals surface area contributed by atoms with E-state index in [0.29, 0.717) is 5.92 Å². The SMILES string of the molecule is Cc1ccccc1[C@@H]1CCCN1C(=O)Nc1ccc2nc(C(C)C)[nH]c2c1. The summed E-state index contributed by atoms with van der Waals surface area (Å²) in [6, 6.07) is 14.3. The number of carbonyl (C=O) groups excluding carboxylic acids is 1. The number of benzene rings is 2. The summed E-state index contributed by atoms with van der Waals surface area (Å²) in [7, 11) is 0. The molecule has 5 heteroatoms. The number of likely N-dealkylation sites (tertiary alicyclic amines) is 1. The minimum absolute atomic E-state index is 0.0382. The van der Waals surface area contributed by atoms with E-state index in [9.17, 15) is 4.79 Å². The molecule has 1 fully saturated rings. The first-order valence-corrected chi connectivity index (χ1v) is 9.66. The Morgan fingerprint density at radius 3 is 2.85 bits per heavy atom. The van der Waals surface area contributed by atoms with Gasteiger partial charge in [-0.1, -0.05) is 38.1 Å². The van der Waals surface area contributed by atoms with E-state index in [-0.39, 0.29) is 12.1 Å². The number of nitrogens with one attached hydrogen (secondary N) is 2. The molecule has 0 unspecified atom stereocenters. The number of H-pyrrole nitrogens is 1. The molecule has 0 bridgehead atoms. The predicted octanol–water partition coefficient (Wildman–Crippen LogP) is 5.36. The number of aryl methyl sites for hydroxylation is 1. The van der Waals surface area contributed by atoms with Crippen LogP contribution >= 0.6 is 0 Å². The predicted molar refractivity (Wildman–Crippen MR) is 109 cm³/mol. The second-order valence-electron chi connectivity index (χ2n) is 7.65. The molecule has 0 spiro atoms. The number of aromatic nitrogens is 2. The number of carbonyl (C=O) groups is 1. The van der Waals surface area contributed by atoms with Crippen molar-refractivity contribution in [2.45, 2.75) is 45.6 Å². The topological polar surface area (TPSA) is 61.0 Å². The number of rotatable bonds is 3. The van der Waals surface area contributed by atoms with Crippen LogP contribution in [0.1, 0.15) is 55.6 Å². The fraction of sp³-hybridized carbons (Fsp3) is 0.364. The summed E-state index contributed by atoms with van der Waals surface area (Å²) in [4.78, 5) is 22.8. The third kappa shape index (κ3) is 3.42. The van der Waals surface area contributed by atoms with E-state index < -0.39 is 0 Å². The summed E-state index contributed by atoms with van der Waals surface area (Å²) in [6.45, 7) is 7.12. The molecule has 2 aromatic carbocycles. The van der Waals surface area contributed by atoms with E-state index in [1.54, 1.807) is 0 Å². The van der Waals surface area contributed by atoms with Crippen molar-refractivity contribution in [2.75, 3.05) is 11.9 Å². The largest absolute Gasteiger partial charge is 0.342 e. The van der Waals surface area contributed by atoms with Crippen LogP contribution in [-0.4, -0.2) is 27.4 Å². The summed E-state index contributed by atoms with van der Waals surface area (Å²) in [5.74, 6) is 1.31.